The Kier molecular flexibility index (Phi) is 6.40. The van der Waals surface area contributed by atoms with Crippen molar-refractivity contribution in [3.05, 3.63) is 40.9 Å². The number of hydrogen-bond acceptors (Lipinski definition) is 8. The van der Waals surface area contributed by atoms with Crippen molar-refractivity contribution in [1.29, 1.82) is 0 Å². The van der Waals surface area contributed by atoms with Crippen LogP contribution in [0.15, 0.2) is 34.7 Å². The van der Waals surface area contributed by atoms with Gasteiger partial charge in [0.05, 0.1) is 47.8 Å². The fourth-order valence-corrected chi connectivity index (χ4v) is 6.06. The van der Waals surface area contributed by atoms with Crippen LogP contribution in [-0.2, 0) is 14.3 Å². The van der Waals surface area contributed by atoms with Gasteiger partial charge in [-0.05, 0) is 76.8 Å². The van der Waals surface area contributed by atoms with Crippen molar-refractivity contribution in [3.8, 4) is 5.75 Å². The second-order valence-electron chi connectivity index (χ2n) is 12.1. The molecule has 0 unspecified atom stereocenters. The first-order chi connectivity index (χ1) is 18.6. The number of esters is 1. The van der Waals surface area contributed by atoms with Crippen LogP contribution in [0.3, 0.4) is 0 Å². The fourth-order valence-electron chi connectivity index (χ4n) is 6.06. The lowest BCUT2D eigenvalue weighted by Gasteiger charge is -2.57. The molecule has 3 fully saturated rings. The molecule has 10 nitrogen and oxygen atoms in total. The Morgan fingerprint density at radius 1 is 1.21 bits per heavy atom. The maximum atomic E-state index is 13.2. The van der Waals surface area contributed by atoms with E-state index in [9.17, 15) is 14.7 Å². The summed E-state index contributed by atoms with van der Waals surface area (Å²) in [6.45, 7) is 6.08. The molecular weight excluding hydrogens is 500 g/mol. The maximum Gasteiger partial charge on any atom is 0.343 e. The van der Waals surface area contributed by atoms with Crippen molar-refractivity contribution in [1.82, 2.24) is 14.9 Å². The van der Waals surface area contributed by atoms with Gasteiger partial charge in [-0.25, -0.2) is 9.31 Å². The number of nitrogens with one attached hydrogen (secondary N) is 1. The fraction of sp³-hybridized carbons (Fsp3) is 0.586. The van der Waals surface area contributed by atoms with Crippen LogP contribution < -0.4 is 10.1 Å². The first kappa shape index (κ1) is 25.9. The van der Waals surface area contributed by atoms with Crippen LogP contribution in [0.1, 0.15) is 81.3 Å². The molecule has 10 heteroatoms. The number of pyridine rings is 1. The highest BCUT2D eigenvalue weighted by atomic mass is 16.5. The van der Waals surface area contributed by atoms with Crippen molar-refractivity contribution in [2.45, 2.75) is 83.0 Å². The predicted octanol–water partition coefficient (Wildman–Crippen LogP) is 3.32. The molecule has 0 bridgehead atoms. The smallest absolute Gasteiger partial charge is 0.343 e. The first-order valence-electron chi connectivity index (χ1n) is 13.9. The average Bonchev–Trinajstić information content (AvgIpc) is 3.40. The van der Waals surface area contributed by atoms with E-state index in [1.807, 2.05) is 16.6 Å². The standard InChI is InChI=1S/C29H36N4O6/c1-4-37-27(35)21-13-30-15-24(21)39-19-11-29(12-19)9-18(10-29)32-26(34)20-14-31-33-22(20)7-8-23(25(33)17-5-6-17)38-16-28(2,3)36/h7-8,13-14,17-19,36H,4-6,9-12,15-16H2,1-3H3,(H,32,34). The molecular formula is C29H36N4O6. The van der Waals surface area contributed by atoms with Crippen LogP contribution in [-0.4, -0.2) is 70.3 Å². The van der Waals surface area contributed by atoms with E-state index in [-0.39, 0.29) is 36.0 Å². The van der Waals surface area contributed by atoms with Gasteiger partial charge in [-0.15, -0.1) is 0 Å². The highest BCUT2D eigenvalue weighted by molar-refractivity contribution is 6.11. The van der Waals surface area contributed by atoms with Crippen LogP contribution in [0, 0.1) is 5.41 Å². The lowest BCUT2D eigenvalue weighted by Crippen LogP contribution is -2.58. The third kappa shape index (κ3) is 5.14. The highest BCUT2D eigenvalue weighted by Gasteiger charge is 2.54. The Hall–Kier alpha value is -3.40. The molecule has 208 valence electrons. The van der Waals surface area contributed by atoms with E-state index in [2.05, 4.69) is 15.4 Å². The van der Waals surface area contributed by atoms with E-state index >= 15 is 0 Å². The molecule has 3 saturated carbocycles. The summed E-state index contributed by atoms with van der Waals surface area (Å²) in [5.41, 5.74) is 1.96. The van der Waals surface area contributed by atoms with Crippen LogP contribution in [0.5, 0.6) is 5.75 Å². The number of aliphatic imine (C=N–C) groups is 1. The number of hydrogen-bond donors (Lipinski definition) is 2. The predicted molar refractivity (Wildman–Crippen MR) is 143 cm³/mol. The van der Waals surface area contributed by atoms with Gasteiger partial charge in [0.1, 0.15) is 23.7 Å². The number of carbonyl (C=O) groups excluding carboxylic acids is 2. The number of carbonyl (C=O) groups is 2. The van der Waals surface area contributed by atoms with E-state index in [1.54, 1.807) is 27.0 Å². The molecule has 2 N–H and O–H groups in total. The minimum absolute atomic E-state index is 0.0658. The molecule has 3 aliphatic carbocycles. The van der Waals surface area contributed by atoms with E-state index in [4.69, 9.17) is 14.2 Å². The molecule has 1 aliphatic heterocycles. The third-order valence-corrected chi connectivity index (χ3v) is 8.04. The summed E-state index contributed by atoms with van der Waals surface area (Å²) in [6, 6.07) is 3.88. The Balaban J connectivity index is 1.05. The number of amides is 1. The summed E-state index contributed by atoms with van der Waals surface area (Å²) in [4.78, 5) is 29.5. The topological polar surface area (TPSA) is 124 Å². The number of rotatable bonds is 10. The van der Waals surface area contributed by atoms with E-state index in [1.165, 1.54) is 6.21 Å². The minimum atomic E-state index is -0.939. The molecule has 2 aromatic heterocycles. The summed E-state index contributed by atoms with van der Waals surface area (Å²) in [6.07, 6.45) is 9.01. The maximum absolute atomic E-state index is 13.2. The van der Waals surface area contributed by atoms with Gasteiger partial charge >= 0.3 is 5.97 Å². The second kappa shape index (κ2) is 9.66. The molecule has 0 aromatic carbocycles. The van der Waals surface area contributed by atoms with Gasteiger partial charge in [-0.3, -0.25) is 9.79 Å². The molecule has 39 heavy (non-hydrogen) atoms. The molecule has 1 amide bonds. The van der Waals surface area contributed by atoms with E-state index in [0.29, 0.717) is 41.7 Å². The minimum Gasteiger partial charge on any atom is -0.492 e. The quantitative estimate of drug-likeness (QED) is 0.447. The van der Waals surface area contributed by atoms with Gasteiger partial charge in [0.25, 0.3) is 5.91 Å². The summed E-state index contributed by atoms with van der Waals surface area (Å²) in [7, 11) is 0. The SMILES string of the molecule is CCOC(=O)C1=C(OC2CC3(CC(NC(=O)c4cnn5c(C6CC6)c(OCC(C)(C)O)ccc45)C3)C2)CN=C1. The number of aromatic nitrogens is 2. The molecule has 3 heterocycles. The molecule has 6 rings (SSSR count). The monoisotopic (exact) mass is 536 g/mol. The largest absolute Gasteiger partial charge is 0.492 e. The van der Waals surface area contributed by atoms with Gasteiger partial charge in [0.15, 0.2) is 0 Å². The van der Waals surface area contributed by atoms with Gasteiger partial charge in [-0.2, -0.15) is 5.10 Å². The van der Waals surface area contributed by atoms with Crippen molar-refractivity contribution in [3.63, 3.8) is 0 Å². The second-order valence-corrected chi connectivity index (χ2v) is 12.1. The van der Waals surface area contributed by atoms with Crippen LogP contribution in [0.25, 0.3) is 5.52 Å². The van der Waals surface area contributed by atoms with Gasteiger partial charge in [-0.1, -0.05) is 0 Å². The first-order valence-corrected chi connectivity index (χ1v) is 13.9. The summed E-state index contributed by atoms with van der Waals surface area (Å²) < 4.78 is 19.0. The van der Waals surface area contributed by atoms with Crippen LogP contribution in [0.4, 0.5) is 0 Å². The Bertz CT molecular complexity index is 1350. The number of fused-ring (bicyclic) bond motifs is 1. The van der Waals surface area contributed by atoms with Crippen LogP contribution in [0.2, 0.25) is 0 Å². The van der Waals surface area contributed by atoms with Gasteiger partial charge < -0.3 is 24.6 Å². The van der Waals surface area contributed by atoms with E-state index < -0.39 is 5.60 Å². The van der Waals surface area contributed by atoms with Crippen molar-refractivity contribution in [2.24, 2.45) is 10.4 Å². The van der Waals surface area contributed by atoms with Gasteiger partial charge in [0, 0.05) is 18.2 Å². The summed E-state index contributed by atoms with van der Waals surface area (Å²) in [5.74, 6) is 1.16. The van der Waals surface area contributed by atoms with Crippen LogP contribution >= 0.6 is 0 Å². The molecule has 2 aromatic rings. The number of aliphatic hydroxyl groups is 1. The zero-order valence-corrected chi connectivity index (χ0v) is 22.7. The van der Waals surface area contributed by atoms with E-state index in [0.717, 1.165) is 49.7 Å². The highest BCUT2D eigenvalue weighted by Crippen LogP contribution is 2.57. The Morgan fingerprint density at radius 2 is 1.97 bits per heavy atom. The third-order valence-electron chi connectivity index (χ3n) is 8.04. The zero-order chi connectivity index (χ0) is 27.4. The number of ether oxygens (including phenoxy) is 3. The Labute approximate surface area is 227 Å². The lowest BCUT2D eigenvalue weighted by atomic mass is 9.53. The van der Waals surface area contributed by atoms with Crippen molar-refractivity contribution in [2.75, 3.05) is 19.8 Å². The number of nitrogens with zero attached hydrogens (tertiary/aromatic N) is 3. The molecule has 4 aliphatic rings. The summed E-state index contributed by atoms with van der Waals surface area (Å²) >= 11 is 0. The normalized spacial score (nSPS) is 25.9. The lowest BCUT2D eigenvalue weighted by molar-refractivity contribution is -0.138. The average molecular weight is 537 g/mol. The molecule has 0 atom stereocenters. The molecule has 0 saturated heterocycles. The van der Waals surface area contributed by atoms with Gasteiger partial charge in [0.2, 0.25) is 0 Å². The molecule has 1 spiro atoms. The van der Waals surface area contributed by atoms with Crippen molar-refractivity contribution >= 4 is 23.6 Å². The molecule has 0 radical (unpaired) electrons. The summed E-state index contributed by atoms with van der Waals surface area (Å²) in [5, 5.41) is 17.8. The Morgan fingerprint density at radius 3 is 2.67 bits per heavy atom. The van der Waals surface area contributed by atoms with Crippen molar-refractivity contribution < 1.29 is 28.9 Å². The zero-order valence-electron chi connectivity index (χ0n) is 22.7.